The molecule has 0 aromatic rings. The molecule has 70 valence electrons. The summed E-state index contributed by atoms with van der Waals surface area (Å²) in [5.41, 5.74) is 0. The van der Waals surface area contributed by atoms with Crippen LogP contribution in [0, 0.1) is 29.6 Å². The van der Waals surface area contributed by atoms with E-state index in [1.165, 1.54) is 0 Å². The molecule has 1 N–H and O–H groups in total. The zero-order chi connectivity index (χ0) is 10.1. The molecule has 0 aromatic heterocycles. The van der Waals surface area contributed by atoms with Gasteiger partial charge in [0.2, 0.25) is 5.91 Å². The van der Waals surface area contributed by atoms with E-state index in [9.17, 15) is 4.79 Å². The molecular formula is C10H14N2O. The van der Waals surface area contributed by atoms with Crippen LogP contribution < -0.4 is 5.32 Å². The molecule has 3 heteroatoms. The summed E-state index contributed by atoms with van der Waals surface area (Å²) in [5, 5.41) is 11.2. The Balaban J connectivity index is 3.63. The highest BCUT2D eigenvalue weighted by molar-refractivity contribution is 5.80. The summed E-state index contributed by atoms with van der Waals surface area (Å²) in [4.78, 5) is 11.2. The minimum Gasteiger partial charge on any atom is -0.355 e. The van der Waals surface area contributed by atoms with Gasteiger partial charge in [-0.15, -0.1) is 12.3 Å². The molecule has 13 heavy (non-hydrogen) atoms. The van der Waals surface area contributed by atoms with E-state index in [-0.39, 0.29) is 5.91 Å². The predicted octanol–water partition coefficient (Wildman–Crippen LogP) is 1.07. The minimum atomic E-state index is -0.522. The maximum Gasteiger partial charge on any atom is 0.237 e. The van der Waals surface area contributed by atoms with Crippen LogP contribution in [0.15, 0.2) is 0 Å². The van der Waals surface area contributed by atoms with E-state index < -0.39 is 5.92 Å². The lowest BCUT2D eigenvalue weighted by Gasteiger charge is -2.06. The van der Waals surface area contributed by atoms with Gasteiger partial charge in [0.15, 0.2) is 0 Å². The minimum absolute atomic E-state index is 0.193. The van der Waals surface area contributed by atoms with E-state index in [0.717, 1.165) is 6.42 Å². The standard InChI is InChI=1S/C10H14N2O/c1-3-5-6-7-12-10(13)9(4-2)8-11/h1,9H,4-7H2,2H3,(H,12,13). The molecule has 0 saturated heterocycles. The van der Waals surface area contributed by atoms with E-state index in [1.54, 1.807) is 0 Å². The monoisotopic (exact) mass is 178 g/mol. The van der Waals surface area contributed by atoms with Gasteiger partial charge in [-0.1, -0.05) is 6.92 Å². The van der Waals surface area contributed by atoms with Crippen molar-refractivity contribution >= 4 is 5.91 Å². The molecule has 0 radical (unpaired) electrons. The first kappa shape index (κ1) is 11.5. The molecule has 3 nitrogen and oxygen atoms in total. The molecule has 0 aliphatic heterocycles. The van der Waals surface area contributed by atoms with Gasteiger partial charge in [0.1, 0.15) is 5.92 Å². The van der Waals surface area contributed by atoms with Gasteiger partial charge < -0.3 is 5.32 Å². The van der Waals surface area contributed by atoms with Crippen LogP contribution in [0.4, 0.5) is 0 Å². The predicted molar refractivity (Wildman–Crippen MR) is 50.5 cm³/mol. The second kappa shape index (κ2) is 7.18. The van der Waals surface area contributed by atoms with Crippen LogP contribution in [0.2, 0.25) is 0 Å². The Kier molecular flexibility index (Phi) is 6.37. The zero-order valence-electron chi connectivity index (χ0n) is 7.84. The second-order valence-corrected chi connectivity index (χ2v) is 2.69. The fourth-order valence-electron chi connectivity index (χ4n) is 0.861. The fourth-order valence-corrected chi connectivity index (χ4v) is 0.861. The molecule has 0 aliphatic rings. The maximum atomic E-state index is 11.2. The van der Waals surface area contributed by atoms with Gasteiger partial charge in [-0.25, -0.2) is 0 Å². The normalized spacial score (nSPS) is 11.0. The molecule has 1 amide bonds. The number of carbonyl (C=O) groups excluding carboxylic acids is 1. The fraction of sp³-hybridized carbons (Fsp3) is 0.600. The van der Waals surface area contributed by atoms with Crippen LogP contribution in [0.1, 0.15) is 26.2 Å². The summed E-state index contributed by atoms with van der Waals surface area (Å²) < 4.78 is 0. The number of carbonyl (C=O) groups is 1. The van der Waals surface area contributed by atoms with E-state index >= 15 is 0 Å². The molecular weight excluding hydrogens is 164 g/mol. The number of amides is 1. The molecule has 0 rings (SSSR count). The summed E-state index contributed by atoms with van der Waals surface area (Å²) in [7, 11) is 0. The average Bonchev–Trinajstić information content (AvgIpc) is 2.14. The molecule has 0 saturated carbocycles. The summed E-state index contributed by atoms with van der Waals surface area (Å²) >= 11 is 0. The number of nitrogens with zero attached hydrogens (tertiary/aromatic N) is 1. The molecule has 0 fully saturated rings. The Morgan fingerprint density at radius 3 is 2.85 bits per heavy atom. The summed E-state index contributed by atoms with van der Waals surface area (Å²) in [6.07, 6.45) is 7.02. The Morgan fingerprint density at radius 2 is 2.38 bits per heavy atom. The second-order valence-electron chi connectivity index (χ2n) is 2.69. The van der Waals surface area contributed by atoms with Crippen molar-refractivity contribution in [2.75, 3.05) is 6.54 Å². The van der Waals surface area contributed by atoms with Gasteiger partial charge >= 0.3 is 0 Å². The van der Waals surface area contributed by atoms with Gasteiger partial charge in [-0.3, -0.25) is 4.79 Å². The largest absolute Gasteiger partial charge is 0.355 e. The van der Waals surface area contributed by atoms with Crippen LogP contribution in [0.25, 0.3) is 0 Å². The molecule has 1 unspecified atom stereocenters. The van der Waals surface area contributed by atoms with E-state index in [4.69, 9.17) is 11.7 Å². The van der Waals surface area contributed by atoms with Gasteiger partial charge in [0, 0.05) is 13.0 Å². The van der Waals surface area contributed by atoms with Gasteiger partial charge in [-0.05, 0) is 12.8 Å². The lowest BCUT2D eigenvalue weighted by molar-refractivity contribution is -0.123. The smallest absolute Gasteiger partial charge is 0.237 e. The number of hydrogen-bond acceptors (Lipinski definition) is 2. The zero-order valence-corrected chi connectivity index (χ0v) is 7.84. The quantitative estimate of drug-likeness (QED) is 0.505. The highest BCUT2D eigenvalue weighted by atomic mass is 16.1. The van der Waals surface area contributed by atoms with Crippen molar-refractivity contribution in [3.8, 4) is 18.4 Å². The van der Waals surface area contributed by atoms with Crippen LogP contribution in [0.5, 0.6) is 0 Å². The molecule has 0 aliphatic carbocycles. The van der Waals surface area contributed by atoms with Crippen LogP contribution >= 0.6 is 0 Å². The van der Waals surface area contributed by atoms with Crippen molar-refractivity contribution in [2.24, 2.45) is 5.92 Å². The maximum absolute atomic E-state index is 11.2. The Bertz CT molecular complexity index is 234. The average molecular weight is 178 g/mol. The molecule has 1 atom stereocenters. The topological polar surface area (TPSA) is 52.9 Å². The molecule has 0 aromatic carbocycles. The molecule has 0 bridgehead atoms. The van der Waals surface area contributed by atoms with Crippen molar-refractivity contribution in [1.29, 1.82) is 5.26 Å². The van der Waals surface area contributed by atoms with Crippen molar-refractivity contribution in [1.82, 2.24) is 5.32 Å². The summed E-state index contributed by atoms with van der Waals surface area (Å²) in [6, 6.07) is 1.94. The van der Waals surface area contributed by atoms with E-state index in [1.807, 2.05) is 13.0 Å². The van der Waals surface area contributed by atoms with E-state index in [2.05, 4.69) is 11.2 Å². The third kappa shape index (κ3) is 4.87. The highest BCUT2D eigenvalue weighted by Gasteiger charge is 2.13. The highest BCUT2D eigenvalue weighted by Crippen LogP contribution is 1.99. The van der Waals surface area contributed by atoms with Crippen molar-refractivity contribution in [3.63, 3.8) is 0 Å². The van der Waals surface area contributed by atoms with Crippen LogP contribution in [-0.2, 0) is 4.79 Å². The van der Waals surface area contributed by atoms with Gasteiger partial charge in [0.05, 0.1) is 6.07 Å². The van der Waals surface area contributed by atoms with Crippen LogP contribution in [0.3, 0.4) is 0 Å². The van der Waals surface area contributed by atoms with Crippen molar-refractivity contribution in [2.45, 2.75) is 26.2 Å². The number of nitriles is 1. The lowest BCUT2D eigenvalue weighted by Crippen LogP contribution is -2.30. The number of nitrogens with one attached hydrogen (secondary N) is 1. The van der Waals surface area contributed by atoms with Gasteiger partial charge in [0.25, 0.3) is 0 Å². The number of rotatable bonds is 5. The number of terminal acetylenes is 1. The SMILES string of the molecule is C#CCCCNC(=O)C(C#N)CC. The first-order valence-electron chi connectivity index (χ1n) is 4.37. The Hall–Kier alpha value is -1.48. The van der Waals surface area contributed by atoms with Crippen LogP contribution in [-0.4, -0.2) is 12.5 Å². The van der Waals surface area contributed by atoms with Crippen molar-refractivity contribution < 1.29 is 4.79 Å². The number of hydrogen-bond donors (Lipinski definition) is 1. The summed E-state index contributed by atoms with van der Waals surface area (Å²) in [6.45, 7) is 2.37. The first-order valence-corrected chi connectivity index (χ1v) is 4.37. The number of unbranched alkanes of at least 4 members (excludes halogenated alkanes) is 1. The summed E-state index contributed by atoms with van der Waals surface area (Å²) in [5.74, 6) is 1.77. The molecule has 0 heterocycles. The lowest BCUT2D eigenvalue weighted by atomic mass is 10.1. The van der Waals surface area contributed by atoms with Crippen molar-refractivity contribution in [3.05, 3.63) is 0 Å². The third-order valence-corrected chi connectivity index (χ3v) is 1.68. The van der Waals surface area contributed by atoms with E-state index in [0.29, 0.717) is 19.4 Å². The first-order chi connectivity index (χ1) is 6.26. The third-order valence-electron chi connectivity index (χ3n) is 1.68. The Labute approximate surface area is 79.1 Å². The Morgan fingerprint density at radius 1 is 1.69 bits per heavy atom. The van der Waals surface area contributed by atoms with Gasteiger partial charge in [-0.2, -0.15) is 5.26 Å². The molecule has 0 spiro atoms.